The van der Waals surface area contributed by atoms with Gasteiger partial charge in [0.05, 0.1) is 16.1 Å². The summed E-state index contributed by atoms with van der Waals surface area (Å²) in [5.74, 6) is -1.38. The minimum absolute atomic E-state index is 0.0268. The van der Waals surface area contributed by atoms with Gasteiger partial charge in [0, 0.05) is 13.0 Å². The molecule has 1 heterocycles. The molecule has 2 N–H and O–H groups in total. The Morgan fingerprint density at radius 1 is 0.897 bits per heavy atom. The standard InChI is InChI=1S/C20H18ClN3O5/c21-15-8-3-4-9-16(15)29-12-18(26)23-22-17(25)10-5-11-24-19(27)13-6-1-2-7-14(13)20(24)28/h1-4,6-9H,5,10-12H2,(H,22,25)(H,23,26). The topological polar surface area (TPSA) is 105 Å². The normalized spacial score (nSPS) is 12.5. The number of hydrazine groups is 1. The number of para-hydroxylation sites is 1. The van der Waals surface area contributed by atoms with Crippen LogP contribution in [0.15, 0.2) is 48.5 Å². The second-order valence-corrected chi connectivity index (χ2v) is 6.63. The number of nitrogens with one attached hydrogen (secondary N) is 2. The molecule has 0 radical (unpaired) electrons. The van der Waals surface area contributed by atoms with E-state index < -0.39 is 11.8 Å². The molecule has 0 saturated carbocycles. The van der Waals surface area contributed by atoms with Crippen LogP contribution in [0.3, 0.4) is 0 Å². The first-order valence-corrected chi connectivity index (χ1v) is 9.25. The molecule has 3 rings (SSSR count). The molecule has 29 heavy (non-hydrogen) atoms. The summed E-state index contributed by atoms with van der Waals surface area (Å²) in [5.41, 5.74) is 5.22. The van der Waals surface area contributed by atoms with E-state index in [0.29, 0.717) is 21.9 Å². The Hall–Kier alpha value is -3.39. The maximum atomic E-state index is 12.2. The van der Waals surface area contributed by atoms with Crippen molar-refractivity contribution in [2.24, 2.45) is 0 Å². The predicted molar refractivity (Wildman–Crippen MR) is 104 cm³/mol. The molecule has 1 aliphatic rings. The van der Waals surface area contributed by atoms with Crippen LogP contribution < -0.4 is 15.6 Å². The van der Waals surface area contributed by atoms with Crippen molar-refractivity contribution in [3.05, 3.63) is 64.7 Å². The number of ether oxygens (including phenoxy) is 1. The lowest BCUT2D eigenvalue weighted by Gasteiger charge is -2.13. The van der Waals surface area contributed by atoms with Gasteiger partial charge in [0.2, 0.25) is 5.91 Å². The van der Waals surface area contributed by atoms with Gasteiger partial charge >= 0.3 is 0 Å². The molecule has 0 unspecified atom stereocenters. The molecule has 2 aromatic carbocycles. The zero-order chi connectivity index (χ0) is 20.8. The second-order valence-electron chi connectivity index (χ2n) is 6.23. The Morgan fingerprint density at radius 2 is 1.48 bits per heavy atom. The summed E-state index contributed by atoms with van der Waals surface area (Å²) in [6.45, 7) is -0.206. The number of hydrogen-bond acceptors (Lipinski definition) is 5. The minimum atomic E-state index is -0.557. The maximum absolute atomic E-state index is 12.2. The lowest BCUT2D eigenvalue weighted by molar-refractivity contribution is -0.130. The van der Waals surface area contributed by atoms with E-state index in [1.54, 1.807) is 48.5 Å². The molecule has 0 spiro atoms. The van der Waals surface area contributed by atoms with Crippen molar-refractivity contribution in [1.82, 2.24) is 15.8 Å². The van der Waals surface area contributed by atoms with Crippen LogP contribution >= 0.6 is 11.6 Å². The van der Waals surface area contributed by atoms with Crippen molar-refractivity contribution >= 4 is 35.2 Å². The number of imide groups is 1. The highest BCUT2D eigenvalue weighted by atomic mass is 35.5. The largest absolute Gasteiger partial charge is 0.482 e. The Labute approximate surface area is 171 Å². The number of halogens is 1. The van der Waals surface area contributed by atoms with E-state index in [1.165, 1.54) is 0 Å². The third-order valence-corrected chi connectivity index (χ3v) is 4.51. The smallest absolute Gasteiger partial charge is 0.276 e. The Balaban J connectivity index is 1.36. The fourth-order valence-electron chi connectivity index (χ4n) is 2.78. The molecule has 1 aliphatic heterocycles. The van der Waals surface area contributed by atoms with Gasteiger partial charge in [-0.3, -0.25) is 34.9 Å². The van der Waals surface area contributed by atoms with Crippen LogP contribution in [-0.2, 0) is 9.59 Å². The molecule has 0 aromatic heterocycles. The highest BCUT2D eigenvalue weighted by molar-refractivity contribution is 6.32. The van der Waals surface area contributed by atoms with Crippen LogP contribution in [0.5, 0.6) is 5.75 Å². The van der Waals surface area contributed by atoms with E-state index in [4.69, 9.17) is 16.3 Å². The Bertz CT molecular complexity index is 928. The lowest BCUT2D eigenvalue weighted by Crippen LogP contribution is -2.44. The van der Waals surface area contributed by atoms with E-state index in [-0.39, 0.29) is 37.8 Å². The highest BCUT2D eigenvalue weighted by Crippen LogP contribution is 2.23. The average Bonchev–Trinajstić information content (AvgIpc) is 2.97. The minimum Gasteiger partial charge on any atom is -0.482 e. The number of carbonyl (C=O) groups excluding carboxylic acids is 4. The van der Waals surface area contributed by atoms with Crippen LogP contribution in [0.1, 0.15) is 33.6 Å². The first kappa shape index (κ1) is 20.3. The first-order valence-electron chi connectivity index (χ1n) is 8.87. The SMILES string of the molecule is O=C(CCCN1C(=O)c2ccccc2C1=O)NNC(=O)COc1ccccc1Cl. The van der Waals surface area contributed by atoms with Crippen molar-refractivity contribution in [3.8, 4) is 5.75 Å². The molecular formula is C20H18ClN3O5. The predicted octanol–water partition coefficient (Wildman–Crippen LogP) is 1.94. The fraction of sp³-hybridized carbons (Fsp3) is 0.200. The molecule has 0 aliphatic carbocycles. The van der Waals surface area contributed by atoms with Crippen LogP contribution in [0.2, 0.25) is 5.02 Å². The van der Waals surface area contributed by atoms with Crippen LogP contribution in [0.4, 0.5) is 0 Å². The number of nitrogens with zero attached hydrogens (tertiary/aromatic N) is 1. The zero-order valence-corrected chi connectivity index (χ0v) is 16.1. The number of carbonyl (C=O) groups is 4. The average molecular weight is 416 g/mol. The van der Waals surface area contributed by atoms with Crippen LogP contribution in [0, 0.1) is 0 Å². The van der Waals surface area contributed by atoms with Gasteiger partial charge in [-0.15, -0.1) is 0 Å². The monoisotopic (exact) mass is 415 g/mol. The zero-order valence-electron chi connectivity index (χ0n) is 15.3. The van der Waals surface area contributed by atoms with Gasteiger partial charge in [-0.2, -0.15) is 0 Å². The molecule has 0 saturated heterocycles. The molecular weight excluding hydrogens is 398 g/mol. The van der Waals surface area contributed by atoms with E-state index >= 15 is 0 Å². The van der Waals surface area contributed by atoms with Gasteiger partial charge < -0.3 is 4.74 Å². The maximum Gasteiger partial charge on any atom is 0.276 e. The Kier molecular flexibility index (Phi) is 6.46. The first-order chi connectivity index (χ1) is 14.0. The second kappa shape index (κ2) is 9.20. The molecule has 150 valence electrons. The Morgan fingerprint density at radius 3 is 2.14 bits per heavy atom. The van der Waals surface area contributed by atoms with E-state index in [0.717, 1.165) is 4.90 Å². The van der Waals surface area contributed by atoms with Crippen molar-refractivity contribution in [2.75, 3.05) is 13.2 Å². The molecule has 0 fully saturated rings. The van der Waals surface area contributed by atoms with Crippen molar-refractivity contribution in [2.45, 2.75) is 12.8 Å². The van der Waals surface area contributed by atoms with Gasteiger partial charge in [-0.1, -0.05) is 35.9 Å². The summed E-state index contributed by atoms with van der Waals surface area (Å²) in [7, 11) is 0. The number of rotatable bonds is 7. The third-order valence-electron chi connectivity index (χ3n) is 4.20. The van der Waals surface area contributed by atoms with E-state index in [2.05, 4.69) is 10.9 Å². The summed E-state index contributed by atoms with van der Waals surface area (Å²) < 4.78 is 5.26. The molecule has 0 bridgehead atoms. The lowest BCUT2D eigenvalue weighted by atomic mass is 10.1. The van der Waals surface area contributed by atoms with Crippen molar-refractivity contribution < 1.29 is 23.9 Å². The van der Waals surface area contributed by atoms with Gasteiger partial charge in [-0.25, -0.2) is 0 Å². The quantitative estimate of drug-likeness (QED) is 0.531. The van der Waals surface area contributed by atoms with E-state index in [9.17, 15) is 19.2 Å². The van der Waals surface area contributed by atoms with E-state index in [1.807, 2.05) is 0 Å². The van der Waals surface area contributed by atoms with Crippen LogP contribution in [-0.4, -0.2) is 41.7 Å². The summed E-state index contributed by atoms with van der Waals surface area (Å²) in [4.78, 5) is 49.2. The molecule has 0 atom stereocenters. The third kappa shape index (κ3) is 4.91. The van der Waals surface area contributed by atoms with Crippen molar-refractivity contribution in [1.29, 1.82) is 0 Å². The fourth-order valence-corrected chi connectivity index (χ4v) is 2.97. The number of amides is 4. The van der Waals surface area contributed by atoms with Gasteiger partial charge in [0.15, 0.2) is 6.61 Å². The molecule has 8 nitrogen and oxygen atoms in total. The molecule has 4 amide bonds. The summed E-state index contributed by atoms with van der Waals surface area (Å²) in [6, 6.07) is 13.3. The molecule has 9 heteroatoms. The van der Waals surface area contributed by atoms with Crippen molar-refractivity contribution in [3.63, 3.8) is 0 Å². The highest BCUT2D eigenvalue weighted by Gasteiger charge is 2.34. The van der Waals surface area contributed by atoms with Gasteiger partial charge in [0.1, 0.15) is 5.75 Å². The summed E-state index contributed by atoms with van der Waals surface area (Å²) in [6.07, 6.45) is 0.294. The number of fused-ring (bicyclic) bond motifs is 1. The van der Waals surface area contributed by atoms with Gasteiger partial charge in [-0.05, 0) is 30.7 Å². The van der Waals surface area contributed by atoms with Gasteiger partial charge in [0.25, 0.3) is 17.7 Å². The number of benzene rings is 2. The summed E-state index contributed by atoms with van der Waals surface area (Å²) in [5, 5.41) is 0.373. The summed E-state index contributed by atoms with van der Waals surface area (Å²) >= 11 is 5.92. The number of hydrogen-bond donors (Lipinski definition) is 2. The van der Waals surface area contributed by atoms with Crippen LogP contribution in [0.25, 0.3) is 0 Å². The molecule has 2 aromatic rings.